The van der Waals surface area contributed by atoms with E-state index in [1.165, 1.54) is 22.7 Å². The molecule has 204 valence electrons. The highest BCUT2D eigenvalue weighted by Gasteiger charge is 2.29. The van der Waals surface area contributed by atoms with Gasteiger partial charge in [-0.25, -0.2) is 4.79 Å². The van der Waals surface area contributed by atoms with E-state index in [9.17, 15) is 9.90 Å². The second-order valence-electron chi connectivity index (χ2n) is 8.74. The third-order valence-electron chi connectivity index (χ3n) is 6.32. The lowest BCUT2D eigenvalue weighted by atomic mass is 9.98. The second-order valence-corrected chi connectivity index (χ2v) is 13.3. The smallest absolute Gasteiger partial charge is 0.352 e. The molecule has 0 saturated carbocycles. The topological polar surface area (TPSA) is 77.5 Å². The van der Waals surface area contributed by atoms with E-state index in [0.717, 1.165) is 44.9 Å². The molecule has 7 nitrogen and oxygen atoms in total. The Labute approximate surface area is 239 Å². The van der Waals surface area contributed by atoms with Crippen LogP contribution in [0.4, 0.5) is 0 Å². The molecule has 12 heteroatoms. The van der Waals surface area contributed by atoms with Gasteiger partial charge in [-0.2, -0.15) is 0 Å². The lowest BCUT2D eigenvalue weighted by Gasteiger charge is -2.26. The number of rotatable bonds is 13. The lowest BCUT2D eigenvalue weighted by Crippen LogP contribution is -2.38. The molecule has 1 aliphatic heterocycles. The molecular weight excluding hydrogens is 577 g/mol. The Morgan fingerprint density at radius 1 is 1.27 bits per heavy atom. The molecule has 2 atom stereocenters. The monoisotopic (exact) mass is 607 g/mol. The van der Waals surface area contributed by atoms with Crippen LogP contribution < -0.4 is 4.74 Å². The van der Waals surface area contributed by atoms with Crippen LogP contribution in [0, 0.1) is 11.8 Å². The van der Waals surface area contributed by atoms with Gasteiger partial charge in [0.2, 0.25) is 0 Å². The van der Waals surface area contributed by atoms with E-state index < -0.39 is 0 Å². The summed E-state index contributed by atoms with van der Waals surface area (Å²) in [6, 6.07) is 3.78. The quantitative estimate of drug-likeness (QED) is 0.235. The number of hydrogen-bond donors (Lipinski definition) is 1. The van der Waals surface area contributed by atoms with Gasteiger partial charge < -0.3 is 24.1 Å². The van der Waals surface area contributed by atoms with Gasteiger partial charge in [0.25, 0.3) is 0 Å². The zero-order valence-electron chi connectivity index (χ0n) is 20.6. The van der Waals surface area contributed by atoms with Crippen molar-refractivity contribution in [2.45, 2.75) is 23.8 Å². The van der Waals surface area contributed by atoms with E-state index in [0.29, 0.717) is 54.5 Å². The van der Waals surface area contributed by atoms with E-state index in [-0.39, 0.29) is 24.4 Å². The molecule has 1 saturated heterocycles. The molecular formula is C25H31Cl2NO6S3. The first-order valence-electron chi connectivity index (χ1n) is 12.1. The van der Waals surface area contributed by atoms with Crippen LogP contribution in [0.15, 0.2) is 27.5 Å². The molecule has 0 radical (unpaired) electrons. The Hall–Kier alpha value is -0.820. The molecule has 1 N–H and O–H groups in total. The number of methoxy groups -OCH3 is 1. The number of ether oxygens (including phenoxy) is 4. The fraction of sp³-hybridized carbons (Fsp3) is 0.560. The molecule has 2 aliphatic rings. The molecule has 1 fully saturated rings. The number of carbonyl (C=O) groups excluding carboxylic acids is 1. The highest BCUT2D eigenvalue weighted by atomic mass is 35.5. The van der Waals surface area contributed by atoms with Crippen LogP contribution in [0.2, 0.25) is 4.34 Å². The number of carbonyl (C=O) groups is 1. The minimum absolute atomic E-state index is 0.0577. The van der Waals surface area contributed by atoms with E-state index in [2.05, 4.69) is 11.0 Å². The number of thioether (sulfide) groups is 1. The van der Waals surface area contributed by atoms with Crippen LogP contribution in [-0.4, -0.2) is 74.9 Å². The second kappa shape index (κ2) is 14.5. The first-order valence-corrected chi connectivity index (χ1v) is 15.4. The summed E-state index contributed by atoms with van der Waals surface area (Å²) in [4.78, 5) is 16.2. The van der Waals surface area contributed by atoms with Crippen LogP contribution in [0.1, 0.15) is 26.5 Å². The van der Waals surface area contributed by atoms with Crippen molar-refractivity contribution < 1.29 is 28.8 Å². The van der Waals surface area contributed by atoms with Crippen LogP contribution in [0.25, 0.3) is 0 Å². The molecule has 37 heavy (non-hydrogen) atoms. The van der Waals surface area contributed by atoms with E-state index in [4.69, 9.17) is 42.1 Å². The first-order chi connectivity index (χ1) is 18.0. The van der Waals surface area contributed by atoms with Crippen LogP contribution in [-0.2, 0) is 27.4 Å². The standard InChI is InChI=1S/C25H31Cl2NO6S3/c1-31-21-11-18(36-23(21)25(30)34-9-6-28-4-7-32-8-5-28)14-33-13-16-2-3-20(26)19(16)15-35-22-10-17(12-29)24(27)37-22/h3,10-11,16,19,29H,2,4-9,12-15H2,1H3/t16-,19?/m1/s1. The fourth-order valence-electron chi connectivity index (χ4n) is 4.19. The van der Waals surface area contributed by atoms with Gasteiger partial charge in [-0.15, -0.1) is 34.4 Å². The van der Waals surface area contributed by atoms with Crippen LogP contribution in [0.5, 0.6) is 5.75 Å². The number of hydrogen-bond acceptors (Lipinski definition) is 10. The molecule has 1 unspecified atom stereocenters. The summed E-state index contributed by atoms with van der Waals surface area (Å²) in [6.07, 6.45) is 2.94. The van der Waals surface area contributed by atoms with Crippen molar-refractivity contribution in [2.24, 2.45) is 11.8 Å². The van der Waals surface area contributed by atoms with Crippen molar-refractivity contribution in [2.75, 3.05) is 58.9 Å². The van der Waals surface area contributed by atoms with E-state index >= 15 is 0 Å². The number of aliphatic hydroxyl groups excluding tert-OH is 1. The Morgan fingerprint density at radius 2 is 2.08 bits per heavy atom. The highest BCUT2D eigenvalue weighted by Crippen LogP contribution is 2.41. The van der Waals surface area contributed by atoms with Crippen molar-refractivity contribution in [1.82, 2.24) is 4.90 Å². The van der Waals surface area contributed by atoms with Crippen molar-refractivity contribution in [3.05, 3.63) is 42.9 Å². The van der Waals surface area contributed by atoms with Crippen molar-refractivity contribution in [3.63, 3.8) is 0 Å². The number of morpholine rings is 1. The first kappa shape index (κ1) is 29.2. The molecule has 0 aromatic carbocycles. The summed E-state index contributed by atoms with van der Waals surface area (Å²) in [5, 5.41) is 10.2. The summed E-state index contributed by atoms with van der Waals surface area (Å²) < 4.78 is 24.0. The largest absolute Gasteiger partial charge is 0.495 e. The minimum Gasteiger partial charge on any atom is -0.495 e. The highest BCUT2D eigenvalue weighted by molar-refractivity contribution is 8.01. The normalized spacial score (nSPS) is 20.3. The number of halogens is 2. The number of nitrogens with zero attached hydrogens (tertiary/aromatic N) is 1. The summed E-state index contributed by atoms with van der Waals surface area (Å²) >= 11 is 17.2. The van der Waals surface area contributed by atoms with Gasteiger partial charge in [-0.1, -0.05) is 29.3 Å². The number of allylic oxidation sites excluding steroid dienone is 2. The summed E-state index contributed by atoms with van der Waals surface area (Å²) in [6.45, 7) is 5.06. The number of aliphatic hydroxyl groups is 1. The van der Waals surface area contributed by atoms with Gasteiger partial charge in [-0.3, -0.25) is 4.90 Å². The van der Waals surface area contributed by atoms with Crippen LogP contribution >= 0.6 is 57.6 Å². The summed E-state index contributed by atoms with van der Waals surface area (Å²) in [7, 11) is 1.55. The zero-order chi connectivity index (χ0) is 26.2. The van der Waals surface area contributed by atoms with Gasteiger partial charge in [0.05, 0.1) is 48.7 Å². The maximum absolute atomic E-state index is 12.7. The molecule has 3 heterocycles. The fourth-order valence-corrected chi connectivity index (χ4v) is 8.43. The molecule has 2 aromatic rings. The Kier molecular flexibility index (Phi) is 11.5. The molecule has 2 aromatic heterocycles. The maximum atomic E-state index is 12.7. The number of esters is 1. The summed E-state index contributed by atoms with van der Waals surface area (Å²) in [5.74, 6) is 1.43. The molecule has 1 aliphatic carbocycles. The average Bonchev–Trinajstić information content (AvgIpc) is 3.59. The Bertz CT molecular complexity index is 1070. The Balaban J connectivity index is 1.24. The predicted octanol–water partition coefficient (Wildman–Crippen LogP) is 5.52. The van der Waals surface area contributed by atoms with Crippen molar-refractivity contribution in [3.8, 4) is 5.75 Å². The van der Waals surface area contributed by atoms with Crippen LogP contribution in [0.3, 0.4) is 0 Å². The van der Waals surface area contributed by atoms with Gasteiger partial charge in [0, 0.05) is 46.8 Å². The molecule has 0 amide bonds. The molecule has 0 bridgehead atoms. The average molecular weight is 609 g/mol. The molecule has 4 rings (SSSR count). The van der Waals surface area contributed by atoms with E-state index in [1.54, 1.807) is 18.9 Å². The van der Waals surface area contributed by atoms with Gasteiger partial charge in [-0.05, 0) is 24.5 Å². The minimum atomic E-state index is -0.372. The van der Waals surface area contributed by atoms with Crippen molar-refractivity contribution >= 4 is 63.6 Å². The summed E-state index contributed by atoms with van der Waals surface area (Å²) in [5.41, 5.74) is 0.758. The van der Waals surface area contributed by atoms with Gasteiger partial charge in [0.15, 0.2) is 4.88 Å². The predicted molar refractivity (Wildman–Crippen MR) is 150 cm³/mol. The SMILES string of the molecule is COc1cc(COC[C@H]2CC=C(Cl)C2CSc2cc(CO)c(Cl)s2)sc1C(=O)OCCN1CCOCC1. The van der Waals surface area contributed by atoms with E-state index in [1.807, 2.05) is 12.1 Å². The lowest BCUT2D eigenvalue weighted by molar-refractivity contribution is 0.0196. The number of thiophene rings is 2. The Morgan fingerprint density at radius 3 is 2.81 bits per heavy atom. The van der Waals surface area contributed by atoms with Crippen molar-refractivity contribution in [1.29, 1.82) is 0 Å². The zero-order valence-corrected chi connectivity index (χ0v) is 24.5. The third-order valence-corrected chi connectivity index (χ3v) is 10.6. The third kappa shape index (κ3) is 8.09. The van der Waals surface area contributed by atoms with Gasteiger partial charge in [0.1, 0.15) is 12.4 Å². The molecule has 0 spiro atoms. The van der Waals surface area contributed by atoms with Gasteiger partial charge >= 0.3 is 5.97 Å². The maximum Gasteiger partial charge on any atom is 0.352 e.